The van der Waals surface area contributed by atoms with E-state index in [-0.39, 0.29) is 30.5 Å². The molecule has 0 saturated carbocycles. The molecule has 1 atom stereocenters. The molecule has 35 heavy (non-hydrogen) atoms. The van der Waals surface area contributed by atoms with E-state index in [9.17, 15) is 24.0 Å². The first kappa shape index (κ1) is 25.7. The molecule has 11 heteroatoms. The lowest BCUT2D eigenvalue weighted by molar-refractivity contribution is -0.134. The summed E-state index contributed by atoms with van der Waals surface area (Å²) in [6.07, 6.45) is 1.25. The highest BCUT2D eigenvalue weighted by atomic mass is 16.2. The first-order valence-electron chi connectivity index (χ1n) is 11.6. The number of H-pyrrole nitrogens is 1. The number of carbonyl (C=O) groups excluding carboxylic acids is 3. The Labute approximate surface area is 202 Å². The number of carbonyl (C=O) groups is 3. The molecule has 1 aliphatic heterocycles. The highest BCUT2D eigenvalue weighted by Gasteiger charge is 2.49. The first-order valence-corrected chi connectivity index (χ1v) is 11.6. The van der Waals surface area contributed by atoms with Crippen LogP contribution in [-0.2, 0) is 21.7 Å². The Kier molecular flexibility index (Phi) is 7.47. The molecule has 0 bridgehead atoms. The standard InChI is InChI=1S/C24H32N6O5/c1-5-6-12-28(18-19(25)29(13-15(2)3)22(34)26-20(18)32)17(31)14-30-21(33)24(4,27-23(30)35)16-10-8-7-9-11-16/h7-11,15H,5-6,12-14,25H2,1-4H3,(H,27,35)(H,26,32,34)/t24-/m0/s1. The summed E-state index contributed by atoms with van der Waals surface area (Å²) in [5, 5.41) is 2.66. The molecule has 11 nitrogen and oxygen atoms in total. The lowest BCUT2D eigenvalue weighted by atomic mass is 9.92. The van der Waals surface area contributed by atoms with Crippen molar-refractivity contribution in [3.05, 3.63) is 56.7 Å². The van der Waals surface area contributed by atoms with Crippen LogP contribution < -0.4 is 27.2 Å². The Bertz CT molecular complexity index is 1240. The third-order valence-corrected chi connectivity index (χ3v) is 5.99. The van der Waals surface area contributed by atoms with Gasteiger partial charge in [-0.15, -0.1) is 0 Å². The Morgan fingerprint density at radius 2 is 1.80 bits per heavy atom. The van der Waals surface area contributed by atoms with Crippen LogP contribution in [0.2, 0.25) is 0 Å². The summed E-state index contributed by atoms with van der Waals surface area (Å²) in [6, 6.07) is 8.02. The van der Waals surface area contributed by atoms with Crippen LogP contribution in [0, 0.1) is 5.92 Å². The molecule has 3 rings (SSSR count). The SMILES string of the molecule is CCCCN(C(=O)CN1C(=O)N[C@@](C)(c2ccccc2)C1=O)c1c(N)n(CC(C)C)c(=O)[nH]c1=O. The minimum atomic E-state index is -1.33. The van der Waals surface area contributed by atoms with E-state index in [4.69, 9.17) is 5.73 Å². The fourth-order valence-electron chi connectivity index (χ4n) is 4.09. The molecule has 0 unspecified atom stereocenters. The number of imide groups is 1. The molecular weight excluding hydrogens is 452 g/mol. The Morgan fingerprint density at radius 3 is 2.40 bits per heavy atom. The van der Waals surface area contributed by atoms with Crippen molar-refractivity contribution < 1.29 is 14.4 Å². The van der Waals surface area contributed by atoms with E-state index in [0.717, 1.165) is 9.80 Å². The van der Waals surface area contributed by atoms with Gasteiger partial charge in [0, 0.05) is 13.1 Å². The zero-order valence-corrected chi connectivity index (χ0v) is 20.5. The molecule has 1 aromatic carbocycles. The lowest BCUT2D eigenvalue weighted by Crippen LogP contribution is -2.47. The predicted molar refractivity (Wildman–Crippen MR) is 132 cm³/mol. The minimum absolute atomic E-state index is 0.0510. The number of unbranched alkanes of at least 4 members (excludes halogenated alkanes) is 1. The molecule has 1 saturated heterocycles. The summed E-state index contributed by atoms with van der Waals surface area (Å²) in [5.41, 5.74) is 3.84. The van der Waals surface area contributed by atoms with Gasteiger partial charge in [0.15, 0.2) is 5.69 Å². The van der Waals surface area contributed by atoms with Gasteiger partial charge >= 0.3 is 11.7 Å². The van der Waals surface area contributed by atoms with Crippen molar-refractivity contribution in [3.8, 4) is 0 Å². The minimum Gasteiger partial charge on any atom is -0.383 e. The van der Waals surface area contributed by atoms with Gasteiger partial charge in [-0.2, -0.15) is 0 Å². The lowest BCUT2D eigenvalue weighted by Gasteiger charge is -2.26. The number of aromatic amines is 1. The third-order valence-electron chi connectivity index (χ3n) is 5.99. The van der Waals surface area contributed by atoms with Gasteiger partial charge in [0.05, 0.1) is 0 Å². The molecule has 0 spiro atoms. The predicted octanol–water partition coefficient (Wildman–Crippen LogP) is 1.38. The maximum absolute atomic E-state index is 13.4. The number of nitrogen functional groups attached to an aromatic ring is 1. The maximum atomic E-state index is 13.4. The molecule has 188 valence electrons. The van der Waals surface area contributed by atoms with Crippen molar-refractivity contribution in [1.29, 1.82) is 0 Å². The molecule has 0 aliphatic carbocycles. The van der Waals surface area contributed by atoms with Gasteiger partial charge in [-0.05, 0) is 24.8 Å². The van der Waals surface area contributed by atoms with Crippen LogP contribution in [0.3, 0.4) is 0 Å². The normalized spacial score (nSPS) is 17.7. The van der Waals surface area contributed by atoms with Crippen LogP contribution in [0.1, 0.15) is 46.1 Å². The highest BCUT2D eigenvalue weighted by molar-refractivity contribution is 6.10. The monoisotopic (exact) mass is 484 g/mol. The summed E-state index contributed by atoms with van der Waals surface area (Å²) in [7, 11) is 0. The van der Waals surface area contributed by atoms with E-state index in [1.807, 2.05) is 20.8 Å². The van der Waals surface area contributed by atoms with E-state index in [0.29, 0.717) is 18.4 Å². The molecule has 1 fully saturated rings. The number of rotatable bonds is 9. The van der Waals surface area contributed by atoms with E-state index in [1.54, 1.807) is 37.3 Å². The zero-order valence-electron chi connectivity index (χ0n) is 20.5. The topological polar surface area (TPSA) is 151 Å². The van der Waals surface area contributed by atoms with Crippen LogP contribution >= 0.6 is 0 Å². The Morgan fingerprint density at radius 1 is 1.14 bits per heavy atom. The van der Waals surface area contributed by atoms with Gasteiger partial charge in [-0.3, -0.25) is 28.8 Å². The molecule has 1 aliphatic rings. The third kappa shape index (κ3) is 4.98. The quantitative estimate of drug-likeness (QED) is 0.458. The second-order valence-corrected chi connectivity index (χ2v) is 9.21. The van der Waals surface area contributed by atoms with Crippen molar-refractivity contribution in [2.24, 2.45) is 5.92 Å². The summed E-state index contributed by atoms with van der Waals surface area (Å²) in [5.74, 6) is -1.33. The highest BCUT2D eigenvalue weighted by Crippen LogP contribution is 2.29. The summed E-state index contributed by atoms with van der Waals surface area (Å²) in [4.78, 5) is 68.7. The van der Waals surface area contributed by atoms with Gasteiger partial charge in [-0.25, -0.2) is 9.59 Å². The summed E-state index contributed by atoms with van der Waals surface area (Å²) >= 11 is 0. The van der Waals surface area contributed by atoms with Gasteiger partial charge in [0.25, 0.3) is 11.5 Å². The molecule has 4 N–H and O–H groups in total. The van der Waals surface area contributed by atoms with E-state index < -0.39 is 41.2 Å². The van der Waals surface area contributed by atoms with Gasteiger partial charge in [-0.1, -0.05) is 57.5 Å². The van der Waals surface area contributed by atoms with Crippen LogP contribution in [0.4, 0.5) is 16.3 Å². The van der Waals surface area contributed by atoms with Gasteiger partial charge < -0.3 is 16.0 Å². The number of aromatic nitrogens is 2. The average molecular weight is 485 g/mol. The second kappa shape index (κ2) is 10.2. The largest absolute Gasteiger partial charge is 0.383 e. The summed E-state index contributed by atoms with van der Waals surface area (Å²) < 4.78 is 1.22. The number of hydrogen-bond donors (Lipinski definition) is 3. The fraction of sp³-hybridized carbons (Fsp3) is 0.458. The van der Waals surface area contributed by atoms with Crippen molar-refractivity contribution in [2.75, 3.05) is 23.7 Å². The fourth-order valence-corrected chi connectivity index (χ4v) is 4.09. The smallest absolute Gasteiger partial charge is 0.330 e. The van der Waals surface area contributed by atoms with Crippen molar-refractivity contribution in [1.82, 2.24) is 19.8 Å². The van der Waals surface area contributed by atoms with E-state index >= 15 is 0 Å². The number of benzene rings is 1. The number of nitrogens with one attached hydrogen (secondary N) is 2. The van der Waals surface area contributed by atoms with Gasteiger partial charge in [0.2, 0.25) is 5.91 Å². The molecule has 4 amide bonds. The van der Waals surface area contributed by atoms with Gasteiger partial charge in [0.1, 0.15) is 17.9 Å². The van der Waals surface area contributed by atoms with E-state index in [1.165, 1.54) is 4.57 Å². The average Bonchev–Trinajstić information content (AvgIpc) is 3.02. The number of hydrogen-bond acceptors (Lipinski definition) is 6. The second-order valence-electron chi connectivity index (χ2n) is 9.21. The molecular formula is C24H32N6O5. The molecule has 2 aromatic rings. The van der Waals surface area contributed by atoms with Crippen LogP contribution in [0.25, 0.3) is 0 Å². The Hall–Kier alpha value is -3.89. The number of amides is 4. The van der Waals surface area contributed by atoms with Crippen LogP contribution in [0.5, 0.6) is 0 Å². The number of nitrogens with two attached hydrogens (primary N) is 1. The summed E-state index contributed by atoms with van der Waals surface area (Å²) in [6.45, 7) is 7.05. The number of nitrogens with zero attached hydrogens (tertiary/aromatic N) is 3. The zero-order chi connectivity index (χ0) is 25.9. The molecule has 1 aromatic heterocycles. The molecule has 0 radical (unpaired) electrons. The Balaban J connectivity index is 1.97. The van der Waals surface area contributed by atoms with Crippen molar-refractivity contribution >= 4 is 29.4 Å². The van der Waals surface area contributed by atoms with Crippen molar-refractivity contribution in [2.45, 2.75) is 52.6 Å². The van der Waals surface area contributed by atoms with Crippen LogP contribution in [0.15, 0.2) is 39.9 Å². The molecule has 2 heterocycles. The first-order chi connectivity index (χ1) is 16.5. The van der Waals surface area contributed by atoms with Crippen LogP contribution in [-0.4, -0.2) is 45.4 Å². The van der Waals surface area contributed by atoms with Crippen molar-refractivity contribution in [3.63, 3.8) is 0 Å². The van der Waals surface area contributed by atoms with E-state index in [2.05, 4.69) is 10.3 Å². The number of anilines is 2. The number of urea groups is 1. The maximum Gasteiger partial charge on any atom is 0.330 e.